The molecule has 134 valence electrons. The fraction of sp³-hybridized carbons (Fsp3) is 0.412. The summed E-state index contributed by atoms with van der Waals surface area (Å²) in [5, 5.41) is 3.03. The number of thiazole rings is 1. The van der Waals surface area contributed by atoms with Crippen LogP contribution in [0.1, 0.15) is 44.0 Å². The summed E-state index contributed by atoms with van der Waals surface area (Å²) in [5.74, 6) is -0.186. The Morgan fingerprint density at radius 2 is 1.80 bits per heavy atom. The molecule has 2 heterocycles. The van der Waals surface area contributed by atoms with E-state index in [-0.39, 0.29) is 11.0 Å². The number of benzene rings is 1. The van der Waals surface area contributed by atoms with Crippen molar-refractivity contribution >= 4 is 32.4 Å². The fourth-order valence-corrected chi connectivity index (χ4v) is 5.81. The molecule has 6 nitrogen and oxygen atoms in total. The summed E-state index contributed by atoms with van der Waals surface area (Å²) in [5.41, 5.74) is 3.97. The number of amides is 1. The van der Waals surface area contributed by atoms with Crippen molar-refractivity contribution in [3.63, 3.8) is 0 Å². The summed E-state index contributed by atoms with van der Waals surface area (Å²) in [6.07, 6.45) is 1.46. The maximum Gasteiger partial charge on any atom is 0.264 e. The van der Waals surface area contributed by atoms with Crippen molar-refractivity contribution in [3.8, 4) is 0 Å². The first-order chi connectivity index (χ1) is 11.7. The standard InChI is InChI=1S/C17H21N3O3S2/c1-9-8-10(2)12(4)15(11(9)3)25(22,23)20-17-19-13-6-5-7-18-16(21)14(13)24-17/h8H,5-7H2,1-4H3,(H,18,21)(H,19,20). The molecule has 0 spiro atoms. The average Bonchev–Trinajstić information content (AvgIpc) is 2.83. The molecule has 2 N–H and O–H groups in total. The van der Waals surface area contributed by atoms with Gasteiger partial charge in [0.1, 0.15) is 4.88 Å². The monoisotopic (exact) mass is 379 g/mol. The Balaban J connectivity index is 2.02. The molecular formula is C17H21N3O3S2. The zero-order valence-corrected chi connectivity index (χ0v) is 16.3. The van der Waals surface area contributed by atoms with Crippen LogP contribution in [0.4, 0.5) is 5.13 Å². The van der Waals surface area contributed by atoms with Crippen LogP contribution in [0, 0.1) is 27.7 Å². The number of hydrogen-bond donors (Lipinski definition) is 2. The van der Waals surface area contributed by atoms with Crippen molar-refractivity contribution < 1.29 is 13.2 Å². The van der Waals surface area contributed by atoms with Crippen molar-refractivity contribution in [3.05, 3.63) is 38.9 Å². The van der Waals surface area contributed by atoms with Gasteiger partial charge in [0.2, 0.25) is 0 Å². The number of carbonyl (C=O) groups excluding carboxylic acids is 1. The van der Waals surface area contributed by atoms with Crippen molar-refractivity contribution in [1.82, 2.24) is 10.3 Å². The predicted molar refractivity (Wildman–Crippen MR) is 99.0 cm³/mol. The largest absolute Gasteiger partial charge is 0.351 e. The highest BCUT2D eigenvalue weighted by Gasteiger charge is 2.26. The van der Waals surface area contributed by atoms with Crippen molar-refractivity contribution in [2.75, 3.05) is 11.3 Å². The van der Waals surface area contributed by atoms with Crippen molar-refractivity contribution in [2.45, 2.75) is 45.4 Å². The molecule has 0 fully saturated rings. The third-order valence-corrected chi connectivity index (χ3v) is 7.32. The molecule has 1 aliphatic rings. The van der Waals surface area contributed by atoms with Crippen LogP contribution in [0.25, 0.3) is 0 Å². The maximum atomic E-state index is 13.0. The van der Waals surface area contributed by atoms with Gasteiger partial charge in [0.25, 0.3) is 15.9 Å². The van der Waals surface area contributed by atoms with Crippen LogP contribution >= 0.6 is 11.3 Å². The summed E-state index contributed by atoms with van der Waals surface area (Å²) < 4.78 is 28.5. The lowest BCUT2D eigenvalue weighted by atomic mass is 10.0. The number of nitrogens with zero attached hydrogens (tertiary/aromatic N) is 1. The molecule has 0 unspecified atom stereocenters. The first-order valence-electron chi connectivity index (χ1n) is 8.09. The normalized spacial score (nSPS) is 14.6. The number of fused-ring (bicyclic) bond motifs is 1. The third-order valence-electron chi connectivity index (χ3n) is 4.57. The summed E-state index contributed by atoms with van der Waals surface area (Å²) >= 11 is 1.08. The molecule has 0 saturated carbocycles. The highest BCUT2D eigenvalue weighted by Crippen LogP contribution is 2.31. The number of nitrogens with one attached hydrogen (secondary N) is 2. The minimum atomic E-state index is -3.78. The van der Waals surface area contributed by atoms with Gasteiger partial charge in [-0.3, -0.25) is 9.52 Å². The highest BCUT2D eigenvalue weighted by molar-refractivity contribution is 7.93. The van der Waals surface area contributed by atoms with Crippen LogP contribution in [0.5, 0.6) is 0 Å². The Morgan fingerprint density at radius 1 is 1.16 bits per heavy atom. The summed E-state index contributed by atoms with van der Waals surface area (Å²) in [6, 6.07) is 1.99. The van der Waals surface area contributed by atoms with Crippen LogP contribution in [0.2, 0.25) is 0 Å². The van der Waals surface area contributed by atoms with Crippen LogP contribution in [0.15, 0.2) is 11.0 Å². The Kier molecular flexibility index (Phi) is 4.59. The van der Waals surface area contributed by atoms with E-state index >= 15 is 0 Å². The van der Waals surface area contributed by atoms with Crippen molar-refractivity contribution in [2.24, 2.45) is 0 Å². The van der Waals surface area contributed by atoms with Gasteiger partial charge in [-0.2, -0.15) is 0 Å². The number of carbonyl (C=O) groups is 1. The lowest BCUT2D eigenvalue weighted by molar-refractivity contribution is 0.0960. The number of sulfonamides is 1. The second-order valence-corrected chi connectivity index (χ2v) is 8.97. The summed E-state index contributed by atoms with van der Waals surface area (Å²) in [7, 11) is -3.78. The minimum Gasteiger partial charge on any atom is -0.351 e. The molecule has 1 aromatic heterocycles. The maximum absolute atomic E-state index is 13.0. The van der Waals surface area contributed by atoms with Crippen LogP contribution in [0.3, 0.4) is 0 Å². The zero-order valence-electron chi connectivity index (χ0n) is 14.7. The van der Waals surface area contributed by atoms with E-state index < -0.39 is 10.0 Å². The lowest BCUT2D eigenvalue weighted by Crippen LogP contribution is -2.21. The number of aryl methyl sites for hydroxylation is 3. The van der Waals surface area contributed by atoms with E-state index in [0.717, 1.165) is 40.0 Å². The second-order valence-electron chi connectivity index (χ2n) is 6.35. The van der Waals surface area contributed by atoms with Crippen LogP contribution < -0.4 is 10.0 Å². The topological polar surface area (TPSA) is 88.2 Å². The van der Waals surface area contributed by atoms with Gasteiger partial charge in [0, 0.05) is 6.54 Å². The van der Waals surface area contributed by atoms with Gasteiger partial charge in [-0.1, -0.05) is 17.4 Å². The van der Waals surface area contributed by atoms with Crippen molar-refractivity contribution in [1.29, 1.82) is 0 Å². The van der Waals surface area contributed by atoms with Gasteiger partial charge in [-0.05, 0) is 62.8 Å². The van der Waals surface area contributed by atoms with Gasteiger partial charge >= 0.3 is 0 Å². The Bertz CT molecular complexity index is 936. The molecule has 0 bridgehead atoms. The van der Waals surface area contributed by atoms with Gasteiger partial charge < -0.3 is 5.32 Å². The minimum absolute atomic E-state index is 0.186. The first kappa shape index (κ1) is 17.9. The Morgan fingerprint density at radius 3 is 2.44 bits per heavy atom. The molecule has 3 rings (SSSR count). The Labute approximate surface area is 151 Å². The van der Waals surface area contributed by atoms with E-state index in [1.165, 1.54) is 0 Å². The first-order valence-corrected chi connectivity index (χ1v) is 10.4. The number of hydrogen-bond acceptors (Lipinski definition) is 5. The van der Waals surface area contributed by atoms with E-state index in [0.29, 0.717) is 28.4 Å². The molecule has 8 heteroatoms. The molecule has 1 amide bonds. The van der Waals surface area contributed by atoms with Gasteiger partial charge in [-0.25, -0.2) is 13.4 Å². The molecule has 25 heavy (non-hydrogen) atoms. The van der Waals surface area contributed by atoms with E-state index in [1.807, 2.05) is 19.9 Å². The highest BCUT2D eigenvalue weighted by atomic mass is 32.2. The Hall–Kier alpha value is -1.93. The number of rotatable bonds is 3. The molecule has 0 radical (unpaired) electrons. The molecule has 2 aromatic rings. The number of aromatic nitrogens is 1. The fourth-order valence-electron chi connectivity index (χ4n) is 3.03. The predicted octanol–water partition coefficient (Wildman–Crippen LogP) is 2.85. The van der Waals surface area contributed by atoms with Crippen LogP contribution in [-0.4, -0.2) is 25.9 Å². The van der Waals surface area contributed by atoms with E-state index in [2.05, 4.69) is 15.0 Å². The third kappa shape index (κ3) is 3.28. The van der Waals surface area contributed by atoms with Gasteiger partial charge in [0.05, 0.1) is 10.6 Å². The lowest BCUT2D eigenvalue weighted by Gasteiger charge is -2.15. The van der Waals surface area contributed by atoms with E-state index in [4.69, 9.17) is 0 Å². The average molecular weight is 380 g/mol. The SMILES string of the molecule is Cc1cc(C)c(C)c(S(=O)(=O)Nc2nc3c(s2)C(=O)NCCC3)c1C. The van der Waals surface area contributed by atoms with Gasteiger partial charge in [0.15, 0.2) is 5.13 Å². The molecule has 0 atom stereocenters. The summed E-state index contributed by atoms with van der Waals surface area (Å²) in [4.78, 5) is 17.2. The molecule has 1 aromatic carbocycles. The number of anilines is 1. The quantitative estimate of drug-likeness (QED) is 0.858. The van der Waals surface area contributed by atoms with E-state index in [1.54, 1.807) is 13.8 Å². The van der Waals surface area contributed by atoms with E-state index in [9.17, 15) is 13.2 Å². The van der Waals surface area contributed by atoms with Crippen LogP contribution in [-0.2, 0) is 16.4 Å². The summed E-state index contributed by atoms with van der Waals surface area (Å²) in [6.45, 7) is 8.03. The molecule has 0 saturated heterocycles. The molecule has 1 aliphatic heterocycles. The van der Waals surface area contributed by atoms with Gasteiger partial charge in [-0.15, -0.1) is 0 Å². The second kappa shape index (κ2) is 6.42. The molecule has 0 aliphatic carbocycles. The smallest absolute Gasteiger partial charge is 0.264 e. The molecular weight excluding hydrogens is 358 g/mol. The zero-order chi connectivity index (χ0) is 18.4.